The van der Waals surface area contributed by atoms with Crippen LogP contribution in [0.4, 0.5) is 5.82 Å². The summed E-state index contributed by atoms with van der Waals surface area (Å²) in [5, 5.41) is 13.7. The Morgan fingerprint density at radius 1 is 1.35 bits per heavy atom. The van der Waals surface area contributed by atoms with Gasteiger partial charge in [0.15, 0.2) is 5.82 Å². The van der Waals surface area contributed by atoms with Crippen LogP contribution < -0.4 is 4.90 Å². The minimum absolute atomic E-state index is 0.682. The van der Waals surface area contributed by atoms with Crippen LogP contribution in [0, 0.1) is 5.92 Å². The molecular formula is C14H19N5S. The zero-order valence-electron chi connectivity index (χ0n) is 11.9. The van der Waals surface area contributed by atoms with Gasteiger partial charge in [0, 0.05) is 26.3 Å². The first-order valence-corrected chi connectivity index (χ1v) is 8.07. The van der Waals surface area contributed by atoms with Crippen molar-refractivity contribution in [2.75, 3.05) is 24.2 Å². The number of aromatic nitrogens is 4. The highest BCUT2D eigenvalue weighted by Crippen LogP contribution is 2.25. The van der Waals surface area contributed by atoms with Crippen LogP contribution in [0.25, 0.3) is 0 Å². The van der Waals surface area contributed by atoms with Crippen LogP contribution in [-0.4, -0.2) is 39.3 Å². The Balaban J connectivity index is 1.61. The average molecular weight is 289 g/mol. The van der Waals surface area contributed by atoms with Crippen LogP contribution in [0.1, 0.15) is 12.0 Å². The molecular weight excluding hydrogens is 270 g/mol. The molecule has 1 aliphatic rings. The number of thioether (sulfide) groups is 1. The fraction of sp³-hybridized carbons (Fsp3) is 0.500. The molecule has 2 aromatic heterocycles. The van der Waals surface area contributed by atoms with Crippen molar-refractivity contribution in [1.82, 2.24) is 20.0 Å². The minimum Gasteiger partial charge on any atom is -0.355 e. The second kappa shape index (κ2) is 5.83. The number of anilines is 1. The van der Waals surface area contributed by atoms with Crippen LogP contribution in [0.5, 0.6) is 0 Å². The summed E-state index contributed by atoms with van der Waals surface area (Å²) in [6.45, 7) is 2.13. The van der Waals surface area contributed by atoms with Gasteiger partial charge in [0.2, 0.25) is 0 Å². The maximum absolute atomic E-state index is 4.32. The molecule has 0 aromatic carbocycles. The molecule has 0 N–H and O–H groups in total. The summed E-state index contributed by atoms with van der Waals surface area (Å²) in [4.78, 5) is 2.33. The monoisotopic (exact) mass is 289 g/mol. The minimum atomic E-state index is 0.682. The van der Waals surface area contributed by atoms with Crippen molar-refractivity contribution in [3.05, 3.63) is 30.1 Å². The summed E-state index contributed by atoms with van der Waals surface area (Å²) in [6.07, 6.45) is 8.40. The van der Waals surface area contributed by atoms with Gasteiger partial charge in [0.1, 0.15) is 5.03 Å². The topological polar surface area (TPSA) is 46.8 Å². The van der Waals surface area contributed by atoms with Gasteiger partial charge in [0.25, 0.3) is 0 Å². The second-order valence-electron chi connectivity index (χ2n) is 5.26. The average Bonchev–Trinajstić information content (AvgIpc) is 3.09. The van der Waals surface area contributed by atoms with Crippen LogP contribution in [0.2, 0.25) is 0 Å². The standard InChI is InChI=1S/C14H19N5S/c1-18-9-12(8-15-18)7-11-5-6-19(10-11)13-3-4-14(20-2)17-16-13/h3-4,8-9,11H,5-7,10H2,1-2H3. The van der Waals surface area contributed by atoms with E-state index in [1.165, 1.54) is 12.0 Å². The van der Waals surface area contributed by atoms with Crippen LogP contribution in [-0.2, 0) is 13.5 Å². The number of rotatable bonds is 4. The molecule has 1 saturated heterocycles. The number of nitrogens with zero attached hydrogens (tertiary/aromatic N) is 5. The first-order valence-electron chi connectivity index (χ1n) is 6.85. The zero-order valence-corrected chi connectivity index (χ0v) is 12.7. The Kier molecular flexibility index (Phi) is 3.91. The quantitative estimate of drug-likeness (QED) is 0.806. The van der Waals surface area contributed by atoms with Gasteiger partial charge < -0.3 is 4.90 Å². The highest BCUT2D eigenvalue weighted by Gasteiger charge is 2.24. The number of hydrogen-bond donors (Lipinski definition) is 0. The Morgan fingerprint density at radius 3 is 2.90 bits per heavy atom. The molecule has 0 spiro atoms. The van der Waals surface area contributed by atoms with Gasteiger partial charge in [-0.05, 0) is 42.7 Å². The molecule has 0 bridgehead atoms. The van der Waals surface area contributed by atoms with E-state index in [9.17, 15) is 0 Å². The summed E-state index contributed by atoms with van der Waals surface area (Å²) >= 11 is 1.62. The van der Waals surface area contributed by atoms with E-state index >= 15 is 0 Å². The molecule has 1 atom stereocenters. The van der Waals surface area contributed by atoms with Crippen LogP contribution in [0.3, 0.4) is 0 Å². The van der Waals surface area contributed by atoms with E-state index in [1.807, 2.05) is 30.2 Å². The third kappa shape index (κ3) is 2.95. The fourth-order valence-electron chi connectivity index (χ4n) is 2.71. The van der Waals surface area contributed by atoms with Crippen molar-refractivity contribution in [3.63, 3.8) is 0 Å². The molecule has 5 nitrogen and oxygen atoms in total. The summed E-state index contributed by atoms with van der Waals surface area (Å²) < 4.78 is 1.87. The third-order valence-corrected chi connectivity index (χ3v) is 4.36. The van der Waals surface area contributed by atoms with Crippen molar-refractivity contribution >= 4 is 17.6 Å². The first kappa shape index (κ1) is 13.4. The van der Waals surface area contributed by atoms with Crippen molar-refractivity contribution in [1.29, 1.82) is 0 Å². The van der Waals surface area contributed by atoms with Crippen LogP contribution in [0.15, 0.2) is 29.6 Å². The summed E-state index contributed by atoms with van der Waals surface area (Å²) in [6, 6.07) is 4.12. The van der Waals surface area contributed by atoms with Crippen LogP contribution >= 0.6 is 11.8 Å². The lowest BCUT2D eigenvalue weighted by Gasteiger charge is -2.16. The molecule has 0 radical (unpaired) electrons. The lowest BCUT2D eigenvalue weighted by Crippen LogP contribution is -2.21. The lowest BCUT2D eigenvalue weighted by molar-refractivity contribution is 0.585. The summed E-state index contributed by atoms with van der Waals surface area (Å²) in [5.74, 6) is 1.68. The molecule has 6 heteroatoms. The van der Waals surface area contributed by atoms with Gasteiger partial charge in [-0.15, -0.1) is 22.0 Å². The molecule has 2 aromatic rings. The lowest BCUT2D eigenvalue weighted by atomic mass is 10.0. The Labute approximate surface area is 123 Å². The van der Waals surface area contributed by atoms with Crippen molar-refractivity contribution in [2.24, 2.45) is 13.0 Å². The molecule has 20 heavy (non-hydrogen) atoms. The van der Waals surface area contributed by atoms with E-state index in [1.54, 1.807) is 11.8 Å². The van der Waals surface area contributed by atoms with Crippen molar-refractivity contribution in [2.45, 2.75) is 17.9 Å². The summed E-state index contributed by atoms with van der Waals surface area (Å²) in [5.41, 5.74) is 1.32. The van der Waals surface area contributed by atoms with E-state index in [0.717, 1.165) is 30.4 Å². The first-order chi connectivity index (χ1) is 9.74. The van der Waals surface area contributed by atoms with Crippen molar-refractivity contribution < 1.29 is 0 Å². The highest BCUT2D eigenvalue weighted by molar-refractivity contribution is 7.98. The molecule has 1 unspecified atom stereocenters. The molecule has 1 fully saturated rings. The van der Waals surface area contributed by atoms with E-state index in [4.69, 9.17) is 0 Å². The molecule has 106 valence electrons. The van der Waals surface area contributed by atoms with Gasteiger partial charge in [-0.25, -0.2) is 0 Å². The Bertz CT molecular complexity index is 565. The predicted molar refractivity (Wildman–Crippen MR) is 81.0 cm³/mol. The van der Waals surface area contributed by atoms with Crippen molar-refractivity contribution in [3.8, 4) is 0 Å². The van der Waals surface area contributed by atoms with E-state index in [-0.39, 0.29) is 0 Å². The van der Waals surface area contributed by atoms with E-state index in [0.29, 0.717) is 5.92 Å². The molecule has 1 aliphatic heterocycles. The number of hydrogen-bond acceptors (Lipinski definition) is 5. The fourth-order valence-corrected chi connectivity index (χ4v) is 3.04. The molecule has 0 amide bonds. The summed E-state index contributed by atoms with van der Waals surface area (Å²) in [7, 11) is 1.97. The smallest absolute Gasteiger partial charge is 0.151 e. The normalized spacial score (nSPS) is 18.7. The molecule has 3 heterocycles. The SMILES string of the molecule is CSc1ccc(N2CCC(Cc3cnn(C)c3)C2)nn1. The predicted octanol–water partition coefficient (Wildman–Crippen LogP) is 2.00. The zero-order chi connectivity index (χ0) is 13.9. The molecule has 0 saturated carbocycles. The maximum Gasteiger partial charge on any atom is 0.151 e. The van der Waals surface area contributed by atoms with Gasteiger partial charge in [-0.3, -0.25) is 4.68 Å². The Morgan fingerprint density at radius 2 is 2.25 bits per heavy atom. The van der Waals surface area contributed by atoms with Gasteiger partial charge in [0.05, 0.1) is 6.20 Å². The van der Waals surface area contributed by atoms with Gasteiger partial charge in [-0.2, -0.15) is 5.10 Å². The second-order valence-corrected chi connectivity index (χ2v) is 6.09. The van der Waals surface area contributed by atoms with Gasteiger partial charge in [-0.1, -0.05) is 0 Å². The van der Waals surface area contributed by atoms with E-state index in [2.05, 4.69) is 32.5 Å². The maximum atomic E-state index is 4.32. The van der Waals surface area contributed by atoms with Gasteiger partial charge >= 0.3 is 0 Å². The molecule has 0 aliphatic carbocycles. The number of aryl methyl sites for hydroxylation is 1. The highest BCUT2D eigenvalue weighted by atomic mass is 32.2. The third-order valence-electron chi connectivity index (χ3n) is 3.73. The largest absolute Gasteiger partial charge is 0.355 e. The Hall–Kier alpha value is -1.56. The molecule has 3 rings (SSSR count). The van der Waals surface area contributed by atoms with E-state index < -0.39 is 0 Å².